The Hall–Kier alpha value is -1.09. The fraction of sp³-hybridized carbons (Fsp3) is 0.583. The van der Waals surface area contributed by atoms with Gasteiger partial charge in [0.1, 0.15) is 0 Å². The van der Waals surface area contributed by atoms with Crippen LogP contribution in [-0.2, 0) is 6.42 Å². The van der Waals surface area contributed by atoms with E-state index in [-0.39, 0.29) is 0 Å². The van der Waals surface area contributed by atoms with Gasteiger partial charge in [0.2, 0.25) is 5.88 Å². The zero-order chi connectivity index (χ0) is 10.9. The van der Waals surface area contributed by atoms with Crippen LogP contribution in [0, 0.1) is 6.92 Å². The van der Waals surface area contributed by atoms with Crippen LogP contribution in [0.4, 0.5) is 0 Å². The van der Waals surface area contributed by atoms with Crippen LogP contribution >= 0.6 is 0 Å². The zero-order valence-corrected chi connectivity index (χ0v) is 9.63. The van der Waals surface area contributed by atoms with Crippen LogP contribution in [0.2, 0.25) is 0 Å². The Kier molecular flexibility index (Phi) is 2.65. The van der Waals surface area contributed by atoms with Crippen LogP contribution in [0.25, 0.3) is 0 Å². The summed E-state index contributed by atoms with van der Waals surface area (Å²) < 4.78 is 5.15. The molecule has 0 saturated heterocycles. The third kappa shape index (κ3) is 2.12. The number of pyridine rings is 1. The average molecular weight is 206 g/mol. The molecular formula is C12H18N2O. The molecule has 0 aliphatic heterocycles. The summed E-state index contributed by atoms with van der Waals surface area (Å²) in [5, 5.41) is 3.39. The first kappa shape index (κ1) is 10.4. The first-order valence-electron chi connectivity index (χ1n) is 5.37. The first-order valence-corrected chi connectivity index (χ1v) is 5.37. The van der Waals surface area contributed by atoms with Gasteiger partial charge in [-0.3, -0.25) is 0 Å². The molecule has 1 aromatic heterocycles. The molecular weight excluding hydrogens is 188 g/mol. The van der Waals surface area contributed by atoms with Gasteiger partial charge in [0, 0.05) is 17.3 Å². The largest absolute Gasteiger partial charge is 0.481 e. The summed E-state index contributed by atoms with van der Waals surface area (Å²) >= 11 is 0. The number of nitrogens with zero attached hydrogens (tertiary/aromatic N) is 1. The van der Waals surface area contributed by atoms with Crippen LogP contribution in [0.15, 0.2) is 12.3 Å². The Bertz CT molecular complexity index is 359. The van der Waals surface area contributed by atoms with Gasteiger partial charge in [0.05, 0.1) is 7.11 Å². The fourth-order valence-electron chi connectivity index (χ4n) is 1.99. The second kappa shape index (κ2) is 3.81. The minimum absolute atomic E-state index is 0.350. The molecule has 1 N–H and O–H groups in total. The Morgan fingerprint density at radius 3 is 2.73 bits per heavy atom. The Morgan fingerprint density at radius 2 is 2.27 bits per heavy atom. The number of nitrogens with one attached hydrogen (secondary N) is 1. The molecule has 82 valence electrons. The van der Waals surface area contributed by atoms with E-state index in [1.54, 1.807) is 7.11 Å². The van der Waals surface area contributed by atoms with Crippen LogP contribution in [-0.4, -0.2) is 24.7 Å². The molecule has 0 atom stereocenters. The highest BCUT2D eigenvalue weighted by Crippen LogP contribution is 2.38. The zero-order valence-electron chi connectivity index (χ0n) is 9.63. The minimum atomic E-state index is 0.350. The summed E-state index contributed by atoms with van der Waals surface area (Å²) in [4.78, 5) is 4.29. The molecule has 1 aliphatic carbocycles. The molecule has 1 aromatic rings. The number of methoxy groups -OCH3 is 1. The average Bonchev–Trinajstić information content (AvgIpc) is 2.99. The third-order valence-corrected chi connectivity index (χ3v) is 3.21. The maximum atomic E-state index is 5.15. The summed E-state index contributed by atoms with van der Waals surface area (Å²) in [6.45, 7) is 2.04. The van der Waals surface area contributed by atoms with Crippen molar-refractivity contribution in [2.45, 2.75) is 31.7 Å². The van der Waals surface area contributed by atoms with Crippen molar-refractivity contribution >= 4 is 0 Å². The van der Waals surface area contributed by atoms with E-state index in [0.29, 0.717) is 5.54 Å². The Morgan fingerprint density at radius 1 is 1.53 bits per heavy atom. The number of hydrogen-bond acceptors (Lipinski definition) is 3. The number of rotatable bonds is 4. The molecule has 3 nitrogen and oxygen atoms in total. The summed E-state index contributed by atoms with van der Waals surface area (Å²) in [7, 11) is 3.70. The van der Waals surface area contributed by atoms with Gasteiger partial charge in [0.25, 0.3) is 0 Å². The van der Waals surface area contributed by atoms with Gasteiger partial charge >= 0.3 is 0 Å². The molecule has 0 bridgehead atoms. The normalized spacial score (nSPS) is 17.5. The van der Waals surface area contributed by atoms with Crippen LogP contribution in [0.3, 0.4) is 0 Å². The van der Waals surface area contributed by atoms with E-state index in [4.69, 9.17) is 4.74 Å². The third-order valence-electron chi connectivity index (χ3n) is 3.21. The van der Waals surface area contributed by atoms with Crippen molar-refractivity contribution in [2.75, 3.05) is 14.2 Å². The summed E-state index contributed by atoms with van der Waals surface area (Å²) in [6.07, 6.45) is 5.54. The lowest BCUT2D eigenvalue weighted by Crippen LogP contribution is -2.29. The first-order chi connectivity index (χ1) is 7.19. The van der Waals surface area contributed by atoms with Crippen molar-refractivity contribution in [1.82, 2.24) is 10.3 Å². The summed E-state index contributed by atoms with van der Waals surface area (Å²) in [5.74, 6) is 0.730. The van der Waals surface area contributed by atoms with Gasteiger partial charge in [0.15, 0.2) is 0 Å². The smallest absolute Gasteiger partial charge is 0.215 e. The van der Waals surface area contributed by atoms with Crippen LogP contribution < -0.4 is 10.1 Å². The molecule has 2 rings (SSSR count). The molecule has 3 heteroatoms. The number of aromatic nitrogens is 1. The number of ether oxygens (including phenoxy) is 1. The van der Waals surface area contributed by atoms with Crippen molar-refractivity contribution in [2.24, 2.45) is 0 Å². The second-order valence-electron chi connectivity index (χ2n) is 4.38. The van der Waals surface area contributed by atoms with Gasteiger partial charge in [-0.05, 0) is 44.9 Å². The standard InChI is InChI=1S/C12H18N2O/c1-9-6-10(8-14-11(9)15-3)7-12(13-2)4-5-12/h6,8,13H,4-5,7H2,1-3H3. The van der Waals surface area contributed by atoms with Crippen molar-refractivity contribution < 1.29 is 4.74 Å². The van der Waals surface area contributed by atoms with Crippen LogP contribution in [0.1, 0.15) is 24.0 Å². The van der Waals surface area contributed by atoms with Crippen molar-refractivity contribution in [3.8, 4) is 5.88 Å². The minimum Gasteiger partial charge on any atom is -0.481 e. The molecule has 0 unspecified atom stereocenters. The van der Waals surface area contributed by atoms with Gasteiger partial charge in [-0.15, -0.1) is 0 Å². The summed E-state index contributed by atoms with van der Waals surface area (Å²) in [6, 6.07) is 2.17. The lowest BCUT2D eigenvalue weighted by Gasteiger charge is -2.14. The Balaban J connectivity index is 2.13. The van der Waals surface area contributed by atoms with E-state index < -0.39 is 0 Å². The topological polar surface area (TPSA) is 34.2 Å². The van der Waals surface area contributed by atoms with Gasteiger partial charge in [-0.2, -0.15) is 0 Å². The van der Waals surface area contributed by atoms with Crippen molar-refractivity contribution in [3.05, 3.63) is 23.4 Å². The quantitative estimate of drug-likeness (QED) is 0.814. The number of likely N-dealkylation sites (N-methyl/N-ethyl adjacent to an activating group) is 1. The van der Waals surface area contributed by atoms with Crippen molar-refractivity contribution in [3.63, 3.8) is 0 Å². The van der Waals surface area contributed by atoms with E-state index in [0.717, 1.165) is 17.9 Å². The predicted octanol–water partition coefficient (Wildman–Crippen LogP) is 1.69. The molecule has 0 amide bonds. The molecule has 0 aromatic carbocycles. The SMILES string of the molecule is CNC1(Cc2cnc(OC)c(C)c2)CC1. The monoisotopic (exact) mass is 206 g/mol. The maximum absolute atomic E-state index is 5.15. The summed E-state index contributed by atoms with van der Waals surface area (Å²) in [5.41, 5.74) is 2.75. The second-order valence-corrected chi connectivity index (χ2v) is 4.38. The lowest BCUT2D eigenvalue weighted by atomic mass is 10.0. The molecule has 1 saturated carbocycles. The van der Waals surface area contributed by atoms with E-state index in [2.05, 4.69) is 16.4 Å². The molecule has 0 radical (unpaired) electrons. The molecule has 1 fully saturated rings. The maximum Gasteiger partial charge on any atom is 0.215 e. The highest BCUT2D eigenvalue weighted by Gasteiger charge is 2.40. The highest BCUT2D eigenvalue weighted by atomic mass is 16.5. The van der Waals surface area contributed by atoms with Gasteiger partial charge in [-0.1, -0.05) is 0 Å². The van der Waals surface area contributed by atoms with Crippen molar-refractivity contribution in [1.29, 1.82) is 0 Å². The molecule has 15 heavy (non-hydrogen) atoms. The highest BCUT2D eigenvalue weighted by molar-refractivity contribution is 5.30. The van der Waals surface area contributed by atoms with E-state index >= 15 is 0 Å². The molecule has 1 aliphatic rings. The van der Waals surface area contributed by atoms with Gasteiger partial charge in [-0.25, -0.2) is 4.98 Å². The number of aryl methyl sites for hydroxylation is 1. The van der Waals surface area contributed by atoms with E-state index in [1.807, 2.05) is 20.2 Å². The van der Waals surface area contributed by atoms with E-state index in [1.165, 1.54) is 18.4 Å². The number of hydrogen-bond donors (Lipinski definition) is 1. The van der Waals surface area contributed by atoms with E-state index in [9.17, 15) is 0 Å². The lowest BCUT2D eigenvalue weighted by molar-refractivity contribution is 0.394. The molecule has 1 heterocycles. The van der Waals surface area contributed by atoms with Gasteiger partial charge < -0.3 is 10.1 Å². The van der Waals surface area contributed by atoms with Crippen LogP contribution in [0.5, 0.6) is 5.88 Å². The Labute approximate surface area is 90.9 Å². The predicted molar refractivity (Wildman–Crippen MR) is 60.3 cm³/mol. The molecule has 0 spiro atoms. The fourth-order valence-corrected chi connectivity index (χ4v) is 1.99.